The van der Waals surface area contributed by atoms with Crippen molar-refractivity contribution in [1.82, 2.24) is 15.0 Å². The molecule has 2 amide bonds. The maximum Gasteiger partial charge on any atom is 0.255 e. The fraction of sp³-hybridized carbons (Fsp3) is 0.241. The number of benzene rings is 3. The smallest absolute Gasteiger partial charge is 0.255 e. The van der Waals surface area contributed by atoms with E-state index < -0.39 is 0 Å². The Labute approximate surface area is 210 Å². The number of rotatable bonds is 5. The highest BCUT2D eigenvalue weighted by Crippen LogP contribution is 2.29. The summed E-state index contributed by atoms with van der Waals surface area (Å²) in [6, 6.07) is 22.5. The molecular weight excluding hydrogens is 452 g/mol. The van der Waals surface area contributed by atoms with Crippen LogP contribution in [0.2, 0.25) is 0 Å². The molecule has 0 unspecified atom stereocenters. The molecule has 3 aromatic carbocycles. The lowest BCUT2D eigenvalue weighted by atomic mass is 9.96. The topological polar surface area (TPSA) is 88.3 Å². The lowest BCUT2D eigenvalue weighted by Crippen LogP contribution is -2.37. The van der Waals surface area contributed by atoms with Gasteiger partial charge in [-0.25, -0.2) is 0 Å². The number of hydrogen-bond acceptors (Lipinski definition) is 5. The number of aromatic nitrogens is 2. The molecule has 0 radical (unpaired) electrons. The molecule has 0 saturated carbocycles. The van der Waals surface area contributed by atoms with Crippen molar-refractivity contribution in [2.75, 3.05) is 18.4 Å². The Kier molecular flexibility index (Phi) is 6.62. The van der Waals surface area contributed by atoms with E-state index in [1.807, 2.05) is 73.3 Å². The van der Waals surface area contributed by atoms with Gasteiger partial charge < -0.3 is 14.7 Å². The number of anilines is 1. The van der Waals surface area contributed by atoms with E-state index >= 15 is 0 Å². The SMILES string of the molecule is Cc1cc(C)cc(NC(=O)c2ccc(-c3noc(C4CCN(C(=O)c5ccccc5)CC4)n3)cc2)c1. The van der Waals surface area contributed by atoms with Crippen molar-refractivity contribution >= 4 is 17.5 Å². The molecule has 1 aliphatic heterocycles. The van der Waals surface area contributed by atoms with Crippen LogP contribution in [-0.2, 0) is 0 Å². The van der Waals surface area contributed by atoms with Gasteiger partial charge in [-0.15, -0.1) is 0 Å². The maximum atomic E-state index is 12.7. The number of amides is 2. The molecule has 7 heteroatoms. The standard InChI is InChI=1S/C29H28N4O3/c1-19-16-20(2)18-25(17-19)30-27(34)22-10-8-21(9-11-22)26-31-28(36-32-26)23-12-14-33(15-13-23)29(35)24-6-4-3-5-7-24/h3-11,16-18,23H,12-15H2,1-2H3,(H,30,34). The Morgan fingerprint density at radius 1 is 0.889 bits per heavy atom. The summed E-state index contributed by atoms with van der Waals surface area (Å²) >= 11 is 0. The average molecular weight is 481 g/mol. The summed E-state index contributed by atoms with van der Waals surface area (Å²) in [6.07, 6.45) is 1.55. The van der Waals surface area contributed by atoms with E-state index in [4.69, 9.17) is 4.52 Å². The third kappa shape index (κ3) is 5.20. The van der Waals surface area contributed by atoms with Gasteiger partial charge in [0.15, 0.2) is 0 Å². The molecule has 0 spiro atoms. The first kappa shape index (κ1) is 23.5. The van der Waals surface area contributed by atoms with E-state index in [-0.39, 0.29) is 17.7 Å². The van der Waals surface area contributed by atoms with Crippen LogP contribution in [-0.4, -0.2) is 39.9 Å². The second-order valence-corrected chi connectivity index (χ2v) is 9.30. The van der Waals surface area contributed by atoms with Crippen molar-refractivity contribution in [3.63, 3.8) is 0 Å². The van der Waals surface area contributed by atoms with Crippen molar-refractivity contribution in [2.45, 2.75) is 32.6 Å². The van der Waals surface area contributed by atoms with Gasteiger partial charge in [-0.1, -0.05) is 41.6 Å². The van der Waals surface area contributed by atoms with Gasteiger partial charge in [0.05, 0.1) is 0 Å². The molecule has 1 saturated heterocycles. The minimum Gasteiger partial charge on any atom is -0.339 e. The molecule has 182 valence electrons. The van der Waals surface area contributed by atoms with Gasteiger partial charge in [-0.3, -0.25) is 9.59 Å². The average Bonchev–Trinajstić information content (AvgIpc) is 3.39. The summed E-state index contributed by atoms with van der Waals surface area (Å²) in [5.74, 6) is 1.09. The fourth-order valence-electron chi connectivity index (χ4n) is 4.63. The Hall–Kier alpha value is -4.26. The molecule has 4 aromatic rings. The lowest BCUT2D eigenvalue weighted by molar-refractivity contribution is 0.0704. The van der Waals surface area contributed by atoms with E-state index in [0.717, 1.165) is 35.2 Å². The zero-order valence-electron chi connectivity index (χ0n) is 20.4. The minimum atomic E-state index is -0.169. The van der Waals surface area contributed by atoms with Crippen LogP contribution in [0.5, 0.6) is 0 Å². The van der Waals surface area contributed by atoms with Crippen molar-refractivity contribution in [3.8, 4) is 11.4 Å². The lowest BCUT2D eigenvalue weighted by Gasteiger charge is -2.30. The van der Waals surface area contributed by atoms with Crippen LogP contribution in [0.1, 0.15) is 56.5 Å². The monoisotopic (exact) mass is 480 g/mol. The Morgan fingerprint density at radius 3 is 2.22 bits per heavy atom. The molecule has 36 heavy (non-hydrogen) atoms. The highest BCUT2D eigenvalue weighted by molar-refractivity contribution is 6.04. The molecule has 1 fully saturated rings. The molecule has 1 N–H and O–H groups in total. The number of piperidine rings is 1. The minimum absolute atomic E-state index is 0.0573. The van der Waals surface area contributed by atoms with Crippen LogP contribution in [0.25, 0.3) is 11.4 Å². The number of nitrogens with zero attached hydrogens (tertiary/aromatic N) is 3. The summed E-state index contributed by atoms with van der Waals surface area (Å²) in [7, 11) is 0. The van der Waals surface area contributed by atoms with Gasteiger partial charge in [-0.2, -0.15) is 4.98 Å². The van der Waals surface area contributed by atoms with E-state index in [9.17, 15) is 9.59 Å². The molecule has 1 aromatic heterocycles. The second-order valence-electron chi connectivity index (χ2n) is 9.30. The van der Waals surface area contributed by atoms with E-state index in [1.165, 1.54) is 0 Å². The summed E-state index contributed by atoms with van der Waals surface area (Å²) in [5.41, 5.74) is 5.02. The van der Waals surface area contributed by atoms with Crippen molar-refractivity contribution in [3.05, 3.63) is 101 Å². The third-order valence-electron chi connectivity index (χ3n) is 6.48. The molecule has 0 aliphatic carbocycles. The predicted octanol–water partition coefficient (Wildman–Crippen LogP) is 5.63. The maximum absolute atomic E-state index is 12.7. The number of aryl methyl sites for hydroxylation is 2. The Bertz CT molecular complexity index is 1350. The first-order chi connectivity index (χ1) is 17.5. The van der Waals surface area contributed by atoms with Gasteiger partial charge in [0.25, 0.3) is 11.8 Å². The molecule has 0 atom stereocenters. The van der Waals surface area contributed by atoms with Crippen molar-refractivity contribution < 1.29 is 14.1 Å². The predicted molar refractivity (Wildman–Crippen MR) is 138 cm³/mol. The third-order valence-corrected chi connectivity index (χ3v) is 6.48. The summed E-state index contributed by atoms with van der Waals surface area (Å²) in [5, 5.41) is 7.11. The summed E-state index contributed by atoms with van der Waals surface area (Å²) < 4.78 is 5.57. The number of hydrogen-bond donors (Lipinski definition) is 1. The zero-order valence-corrected chi connectivity index (χ0v) is 20.4. The van der Waals surface area contributed by atoms with Crippen LogP contribution in [0, 0.1) is 13.8 Å². The van der Waals surface area contributed by atoms with Crippen molar-refractivity contribution in [1.29, 1.82) is 0 Å². The van der Waals surface area contributed by atoms with Crippen LogP contribution in [0.3, 0.4) is 0 Å². The van der Waals surface area contributed by atoms with Crippen LogP contribution >= 0.6 is 0 Å². The normalized spacial score (nSPS) is 14.0. The number of likely N-dealkylation sites (tertiary alicyclic amines) is 1. The number of nitrogens with one attached hydrogen (secondary N) is 1. The molecule has 1 aliphatic rings. The molecule has 5 rings (SSSR count). The van der Waals surface area contributed by atoms with E-state index in [0.29, 0.717) is 35.9 Å². The highest BCUT2D eigenvalue weighted by Gasteiger charge is 2.28. The van der Waals surface area contributed by atoms with Crippen molar-refractivity contribution in [2.24, 2.45) is 0 Å². The molecule has 7 nitrogen and oxygen atoms in total. The van der Waals surface area contributed by atoms with Gasteiger partial charge >= 0.3 is 0 Å². The van der Waals surface area contributed by atoms with Crippen LogP contribution in [0.4, 0.5) is 5.69 Å². The number of carbonyl (C=O) groups excluding carboxylic acids is 2. The second kappa shape index (κ2) is 10.2. The molecular formula is C29H28N4O3. The van der Waals surface area contributed by atoms with Gasteiger partial charge in [0.2, 0.25) is 11.7 Å². The number of carbonyl (C=O) groups is 2. The van der Waals surface area contributed by atoms with E-state index in [1.54, 1.807) is 12.1 Å². The molecule has 2 heterocycles. The van der Waals surface area contributed by atoms with Gasteiger partial charge in [0, 0.05) is 41.4 Å². The summed E-state index contributed by atoms with van der Waals surface area (Å²) in [6.45, 7) is 5.31. The quantitative estimate of drug-likeness (QED) is 0.400. The van der Waals surface area contributed by atoms with E-state index in [2.05, 4.69) is 21.5 Å². The first-order valence-electron chi connectivity index (χ1n) is 12.1. The largest absolute Gasteiger partial charge is 0.339 e. The van der Waals surface area contributed by atoms with Gasteiger partial charge in [0.1, 0.15) is 0 Å². The highest BCUT2D eigenvalue weighted by atomic mass is 16.5. The zero-order chi connectivity index (χ0) is 25.1. The van der Waals surface area contributed by atoms with Gasteiger partial charge in [-0.05, 0) is 74.2 Å². The Morgan fingerprint density at radius 2 is 1.56 bits per heavy atom. The van der Waals surface area contributed by atoms with Crippen LogP contribution < -0.4 is 5.32 Å². The summed E-state index contributed by atoms with van der Waals surface area (Å²) in [4.78, 5) is 31.8. The molecule has 0 bridgehead atoms. The van der Waals surface area contributed by atoms with Crippen LogP contribution in [0.15, 0.2) is 77.3 Å². The fourth-order valence-corrected chi connectivity index (χ4v) is 4.63. The first-order valence-corrected chi connectivity index (χ1v) is 12.1. The Balaban J connectivity index is 1.20.